The molecular formula is C17H25N3O7. The molecule has 10 nitrogen and oxygen atoms in total. The molecule has 10 heteroatoms. The van der Waals surface area contributed by atoms with Crippen LogP contribution in [-0.2, 0) is 23.9 Å². The molecule has 2 aliphatic rings. The van der Waals surface area contributed by atoms with Gasteiger partial charge >= 0.3 is 12.1 Å². The van der Waals surface area contributed by atoms with Crippen LogP contribution in [0.5, 0.6) is 0 Å². The summed E-state index contributed by atoms with van der Waals surface area (Å²) in [7, 11) is 0. The lowest BCUT2D eigenvalue weighted by atomic mass is 10.0. The Morgan fingerprint density at radius 3 is 2.37 bits per heavy atom. The molecular weight excluding hydrogens is 358 g/mol. The maximum absolute atomic E-state index is 12.8. The first kappa shape index (κ1) is 20.7. The van der Waals surface area contributed by atoms with Crippen molar-refractivity contribution in [2.24, 2.45) is 11.7 Å². The molecule has 2 fully saturated rings. The molecule has 0 spiro atoms. The molecule has 0 unspecified atom stereocenters. The molecule has 0 aromatic heterocycles. The average molecular weight is 383 g/mol. The van der Waals surface area contributed by atoms with Gasteiger partial charge in [-0.1, -0.05) is 0 Å². The van der Waals surface area contributed by atoms with Gasteiger partial charge in [0.2, 0.25) is 17.7 Å². The average Bonchev–Trinajstić information content (AvgIpc) is 3.10. The fraction of sp³-hybridized carbons (Fsp3) is 0.706. The van der Waals surface area contributed by atoms with E-state index in [4.69, 9.17) is 10.5 Å². The van der Waals surface area contributed by atoms with E-state index in [2.05, 4.69) is 0 Å². The SMILES string of the molecule is CC(C)(C)OC(=O)C[C@@H]1C[C@@H](C(=O)N2CCC[C@H]2C(N)=O)N(C(=O)O)C1=O. The van der Waals surface area contributed by atoms with E-state index in [9.17, 15) is 29.1 Å². The molecule has 0 aromatic carbocycles. The lowest BCUT2D eigenvalue weighted by Crippen LogP contribution is -2.52. The van der Waals surface area contributed by atoms with Crippen LogP contribution in [0.25, 0.3) is 0 Å². The first-order valence-electron chi connectivity index (χ1n) is 8.80. The molecule has 3 atom stereocenters. The quantitative estimate of drug-likeness (QED) is 0.654. The van der Waals surface area contributed by atoms with Gasteiger partial charge in [0.05, 0.1) is 12.3 Å². The van der Waals surface area contributed by atoms with Crippen molar-refractivity contribution in [1.29, 1.82) is 0 Å². The van der Waals surface area contributed by atoms with Crippen LogP contribution in [-0.4, -0.2) is 68.9 Å². The zero-order chi connectivity index (χ0) is 20.5. The highest BCUT2D eigenvalue weighted by Crippen LogP contribution is 2.31. The maximum Gasteiger partial charge on any atom is 0.414 e. The lowest BCUT2D eigenvalue weighted by Gasteiger charge is -2.27. The Morgan fingerprint density at radius 1 is 1.22 bits per heavy atom. The highest BCUT2D eigenvalue weighted by atomic mass is 16.6. The number of ether oxygens (including phenoxy) is 1. The van der Waals surface area contributed by atoms with E-state index in [1.54, 1.807) is 20.8 Å². The number of hydrogen-bond donors (Lipinski definition) is 2. The summed E-state index contributed by atoms with van der Waals surface area (Å²) in [5.74, 6) is -3.74. The predicted molar refractivity (Wildman–Crippen MR) is 91.2 cm³/mol. The molecule has 27 heavy (non-hydrogen) atoms. The lowest BCUT2D eigenvalue weighted by molar-refractivity contribution is -0.157. The van der Waals surface area contributed by atoms with Gasteiger partial charge in [-0.15, -0.1) is 0 Å². The van der Waals surface area contributed by atoms with Crippen LogP contribution in [0.3, 0.4) is 0 Å². The van der Waals surface area contributed by atoms with E-state index in [1.807, 2.05) is 0 Å². The largest absolute Gasteiger partial charge is 0.465 e. The number of carbonyl (C=O) groups is 5. The maximum atomic E-state index is 12.8. The number of carboxylic acid groups (broad SMARTS) is 1. The number of imide groups is 1. The minimum absolute atomic E-state index is 0.134. The van der Waals surface area contributed by atoms with Gasteiger partial charge in [-0.05, 0) is 40.0 Å². The second-order valence-electron chi connectivity index (χ2n) is 7.82. The molecule has 3 N–H and O–H groups in total. The summed E-state index contributed by atoms with van der Waals surface area (Å²) in [5, 5.41) is 9.39. The third-order valence-electron chi connectivity index (χ3n) is 4.59. The fourth-order valence-corrected chi connectivity index (χ4v) is 3.54. The second kappa shape index (κ2) is 7.53. The monoisotopic (exact) mass is 383 g/mol. The van der Waals surface area contributed by atoms with E-state index in [0.717, 1.165) is 0 Å². The van der Waals surface area contributed by atoms with Crippen LogP contribution < -0.4 is 5.73 Å². The number of likely N-dealkylation sites (tertiary alicyclic amines) is 2. The third-order valence-corrected chi connectivity index (χ3v) is 4.59. The van der Waals surface area contributed by atoms with E-state index in [0.29, 0.717) is 17.7 Å². The van der Waals surface area contributed by atoms with Crippen molar-refractivity contribution < 1.29 is 33.8 Å². The molecule has 2 saturated heterocycles. The van der Waals surface area contributed by atoms with Crippen LogP contribution in [0.1, 0.15) is 46.5 Å². The summed E-state index contributed by atoms with van der Waals surface area (Å²) >= 11 is 0. The summed E-state index contributed by atoms with van der Waals surface area (Å²) in [6.07, 6.45) is -1.06. The van der Waals surface area contributed by atoms with Gasteiger partial charge in [-0.2, -0.15) is 0 Å². The molecule has 150 valence electrons. The van der Waals surface area contributed by atoms with Gasteiger partial charge in [-0.25, -0.2) is 9.69 Å². The fourth-order valence-electron chi connectivity index (χ4n) is 3.54. The van der Waals surface area contributed by atoms with E-state index >= 15 is 0 Å². The van der Waals surface area contributed by atoms with Crippen molar-refractivity contribution in [2.75, 3.05) is 6.54 Å². The minimum atomic E-state index is -1.57. The van der Waals surface area contributed by atoms with Gasteiger partial charge in [0.1, 0.15) is 17.7 Å². The number of carbonyl (C=O) groups excluding carboxylic acids is 4. The number of esters is 1. The standard InChI is InChI=1S/C17H25N3O7/c1-17(2,3)27-12(21)8-9-7-11(20(14(9)23)16(25)26)15(24)19-6-4-5-10(19)13(18)22/h9-11H,4-8H2,1-3H3,(H2,18,22)(H,25,26)/t9-,10-,11-/m0/s1. The van der Waals surface area contributed by atoms with Crippen LogP contribution in [0.4, 0.5) is 4.79 Å². The normalized spacial score (nSPS) is 25.6. The number of nitrogens with two attached hydrogens (primary N) is 1. The highest BCUT2D eigenvalue weighted by Gasteiger charge is 2.50. The Balaban J connectivity index is 2.17. The summed E-state index contributed by atoms with van der Waals surface area (Å²) in [4.78, 5) is 62.1. The number of rotatable bonds is 4. The van der Waals surface area contributed by atoms with Gasteiger partial charge in [0.15, 0.2) is 0 Å². The van der Waals surface area contributed by atoms with Gasteiger partial charge in [0, 0.05) is 6.54 Å². The van der Waals surface area contributed by atoms with Crippen molar-refractivity contribution in [3.8, 4) is 0 Å². The van der Waals surface area contributed by atoms with Crippen molar-refractivity contribution in [3.63, 3.8) is 0 Å². The zero-order valence-electron chi connectivity index (χ0n) is 15.6. The van der Waals surface area contributed by atoms with Crippen molar-refractivity contribution in [3.05, 3.63) is 0 Å². The Labute approximate surface area is 156 Å². The Kier molecular flexibility index (Phi) is 5.76. The number of nitrogens with zero attached hydrogens (tertiary/aromatic N) is 2. The number of hydrogen-bond acceptors (Lipinski definition) is 6. The van der Waals surface area contributed by atoms with E-state index in [-0.39, 0.29) is 19.4 Å². The second-order valence-corrected chi connectivity index (χ2v) is 7.82. The Bertz CT molecular complexity index is 670. The van der Waals surface area contributed by atoms with Crippen LogP contribution in [0, 0.1) is 5.92 Å². The Morgan fingerprint density at radius 2 is 1.85 bits per heavy atom. The van der Waals surface area contributed by atoms with Gasteiger partial charge in [-0.3, -0.25) is 19.2 Å². The first-order valence-corrected chi connectivity index (χ1v) is 8.80. The summed E-state index contributed by atoms with van der Waals surface area (Å²) < 4.78 is 5.17. The number of amides is 4. The summed E-state index contributed by atoms with van der Waals surface area (Å²) in [6, 6.07) is -2.09. The smallest absolute Gasteiger partial charge is 0.414 e. The molecule has 4 amide bonds. The van der Waals surface area contributed by atoms with Crippen LogP contribution >= 0.6 is 0 Å². The van der Waals surface area contributed by atoms with Crippen molar-refractivity contribution in [2.45, 2.75) is 64.1 Å². The van der Waals surface area contributed by atoms with Gasteiger partial charge < -0.3 is 20.5 Å². The van der Waals surface area contributed by atoms with Crippen molar-refractivity contribution in [1.82, 2.24) is 9.80 Å². The molecule has 0 aromatic rings. The Hall–Kier alpha value is -2.65. The first-order chi connectivity index (χ1) is 12.4. The molecule has 0 aliphatic carbocycles. The molecule has 2 rings (SSSR count). The minimum Gasteiger partial charge on any atom is -0.465 e. The summed E-state index contributed by atoms with van der Waals surface area (Å²) in [6.45, 7) is 5.29. The highest BCUT2D eigenvalue weighted by molar-refractivity contribution is 6.03. The van der Waals surface area contributed by atoms with Gasteiger partial charge in [0.25, 0.3) is 0 Å². The number of primary amides is 1. The molecule has 0 bridgehead atoms. The molecule has 0 radical (unpaired) electrons. The molecule has 2 heterocycles. The zero-order valence-corrected chi connectivity index (χ0v) is 15.6. The predicted octanol–water partition coefficient (Wildman–Crippen LogP) is 0.0896. The molecule has 0 saturated carbocycles. The van der Waals surface area contributed by atoms with E-state index in [1.165, 1.54) is 4.90 Å². The molecule has 2 aliphatic heterocycles. The van der Waals surface area contributed by atoms with E-state index < -0.39 is 53.4 Å². The van der Waals surface area contributed by atoms with Crippen LogP contribution in [0.15, 0.2) is 0 Å². The summed E-state index contributed by atoms with van der Waals surface area (Å²) in [5.41, 5.74) is 4.56. The van der Waals surface area contributed by atoms with Crippen LogP contribution in [0.2, 0.25) is 0 Å². The third kappa shape index (κ3) is 4.55. The van der Waals surface area contributed by atoms with Crippen molar-refractivity contribution >= 4 is 29.8 Å². The topological polar surface area (TPSA) is 147 Å².